The second-order valence-corrected chi connectivity index (χ2v) is 30.8. The predicted molar refractivity (Wildman–Crippen MR) is 184 cm³/mol. The molecule has 0 radical (unpaired) electrons. The van der Waals surface area contributed by atoms with Crippen molar-refractivity contribution in [3.8, 4) is 0 Å². The topological polar surface area (TPSA) is 121 Å². The molecular formula is C31H62N2O8Si3. The molecule has 1 fully saturated rings. The van der Waals surface area contributed by atoms with Gasteiger partial charge in [0, 0.05) is 32.8 Å². The summed E-state index contributed by atoms with van der Waals surface area (Å²) in [6.45, 7) is 29.5. The molecule has 1 rings (SSSR count). The molecule has 10 nitrogen and oxygen atoms in total. The molecule has 2 unspecified atom stereocenters. The molecular weight excluding hydrogens is 613 g/mol. The highest BCUT2D eigenvalue weighted by molar-refractivity contribution is 6.95. The highest BCUT2D eigenvalue weighted by Crippen LogP contribution is 2.45. The van der Waals surface area contributed by atoms with Gasteiger partial charge in [0.05, 0.1) is 6.61 Å². The molecule has 13 heteroatoms. The molecule has 1 aliphatic rings. The van der Waals surface area contributed by atoms with Crippen LogP contribution in [0.3, 0.4) is 0 Å². The zero-order valence-corrected chi connectivity index (χ0v) is 32.5. The fraction of sp³-hybridized carbons (Fsp3) is 0.839. The molecule has 1 saturated carbocycles. The minimum absolute atomic E-state index is 0.0310. The van der Waals surface area contributed by atoms with Crippen LogP contribution in [0.5, 0.6) is 0 Å². The van der Waals surface area contributed by atoms with E-state index >= 15 is 0 Å². The average Bonchev–Trinajstić information content (AvgIpc) is 2.81. The number of hydrogen-bond acceptors (Lipinski definition) is 8. The Hall–Kier alpha value is -1.68. The Balaban J connectivity index is 2.36. The van der Waals surface area contributed by atoms with Gasteiger partial charge in [0.25, 0.3) is 0 Å². The molecule has 2 N–H and O–H groups in total. The Morgan fingerprint density at radius 1 is 0.841 bits per heavy atom. The van der Waals surface area contributed by atoms with Crippen molar-refractivity contribution >= 4 is 42.9 Å². The lowest BCUT2D eigenvalue weighted by Gasteiger charge is -2.46. The number of alkyl carbamates (subject to hydrolysis) is 2. The van der Waals surface area contributed by atoms with E-state index in [9.17, 15) is 14.4 Å². The fourth-order valence-electron chi connectivity index (χ4n) is 6.86. The van der Waals surface area contributed by atoms with Gasteiger partial charge in [0.1, 0.15) is 19.8 Å². The number of amides is 2. The smallest absolute Gasteiger partial charge is 0.407 e. The van der Waals surface area contributed by atoms with Gasteiger partial charge in [-0.15, -0.1) is 0 Å². The number of ether oxygens (including phenoxy) is 4. The van der Waals surface area contributed by atoms with Crippen LogP contribution in [-0.4, -0.2) is 88.5 Å². The Bertz CT molecular complexity index is 968. The summed E-state index contributed by atoms with van der Waals surface area (Å²) in [5, 5.41) is 5.85. The van der Waals surface area contributed by atoms with E-state index in [2.05, 4.69) is 83.8 Å². The maximum Gasteiger partial charge on any atom is 0.407 e. The summed E-state index contributed by atoms with van der Waals surface area (Å²) in [6.07, 6.45) is 2.39. The number of nitrogens with one attached hydrogen (secondary N) is 2. The lowest BCUT2D eigenvalue weighted by atomic mass is 9.62. The molecule has 2 atom stereocenters. The Labute approximate surface area is 270 Å². The Morgan fingerprint density at radius 3 is 2.05 bits per heavy atom. The van der Waals surface area contributed by atoms with Gasteiger partial charge in [-0.1, -0.05) is 46.5 Å². The van der Waals surface area contributed by atoms with E-state index in [1.165, 1.54) is 11.7 Å². The van der Waals surface area contributed by atoms with Crippen molar-refractivity contribution in [2.24, 2.45) is 10.8 Å². The van der Waals surface area contributed by atoms with Gasteiger partial charge in [0.15, 0.2) is 16.6 Å². The number of carbonyl (C=O) groups excluding carboxylic acids is 3. The van der Waals surface area contributed by atoms with E-state index in [4.69, 9.17) is 23.1 Å². The van der Waals surface area contributed by atoms with Crippen molar-refractivity contribution in [2.45, 2.75) is 117 Å². The van der Waals surface area contributed by atoms with E-state index < -0.39 is 42.9 Å². The average molecular weight is 675 g/mol. The van der Waals surface area contributed by atoms with E-state index in [1.807, 2.05) is 0 Å². The van der Waals surface area contributed by atoms with Crippen molar-refractivity contribution in [2.75, 3.05) is 39.6 Å². The third-order valence-electron chi connectivity index (χ3n) is 7.41. The van der Waals surface area contributed by atoms with Gasteiger partial charge in [0.2, 0.25) is 0 Å². The number of rotatable bonds is 18. The summed E-state index contributed by atoms with van der Waals surface area (Å²) < 4.78 is 27.8. The molecule has 2 amide bonds. The van der Waals surface area contributed by atoms with Gasteiger partial charge >= 0.3 is 18.2 Å². The molecule has 44 heavy (non-hydrogen) atoms. The van der Waals surface area contributed by atoms with Crippen molar-refractivity contribution in [1.29, 1.82) is 0 Å². The Morgan fingerprint density at radius 2 is 1.43 bits per heavy atom. The number of carbonyl (C=O) groups is 3. The highest BCUT2D eigenvalue weighted by atomic mass is 28.4. The van der Waals surface area contributed by atoms with Crippen LogP contribution in [0.1, 0.15) is 53.4 Å². The molecule has 0 aromatic carbocycles. The van der Waals surface area contributed by atoms with Crippen LogP contribution in [0.4, 0.5) is 9.59 Å². The Kier molecular flexibility index (Phi) is 15.9. The van der Waals surface area contributed by atoms with Crippen LogP contribution in [0.2, 0.25) is 57.5 Å². The molecule has 256 valence electrons. The quantitative estimate of drug-likeness (QED) is 0.0532. The predicted octanol–water partition coefficient (Wildman–Crippen LogP) is 6.85. The minimum atomic E-state index is -1.65. The van der Waals surface area contributed by atoms with E-state index in [1.54, 1.807) is 6.92 Å². The molecule has 0 bridgehead atoms. The summed E-state index contributed by atoms with van der Waals surface area (Å²) >= 11 is 0. The van der Waals surface area contributed by atoms with E-state index in [-0.39, 0.29) is 36.7 Å². The highest BCUT2D eigenvalue weighted by Gasteiger charge is 2.42. The zero-order chi connectivity index (χ0) is 33.8. The second-order valence-electron chi connectivity index (χ2n) is 16.0. The fourth-order valence-corrected chi connectivity index (χ4v) is 25.5. The van der Waals surface area contributed by atoms with Crippen LogP contribution >= 0.6 is 0 Å². The maximum atomic E-state index is 12.6. The normalized spacial score (nSPS) is 20.4. The van der Waals surface area contributed by atoms with Gasteiger partial charge in [-0.25, -0.2) is 14.4 Å². The van der Waals surface area contributed by atoms with Crippen molar-refractivity contribution < 1.29 is 37.4 Å². The van der Waals surface area contributed by atoms with Crippen molar-refractivity contribution in [3.05, 3.63) is 12.2 Å². The van der Waals surface area contributed by atoms with Gasteiger partial charge in [-0.05, 0) is 81.8 Å². The number of esters is 1. The van der Waals surface area contributed by atoms with Gasteiger partial charge in [-0.3, -0.25) is 0 Å². The first-order valence-corrected chi connectivity index (χ1v) is 25.9. The SMILES string of the molecule is C=C(C)C(=O)OCCOC(=O)NCC1(C)CC(NC(=O)OCCOCCC[Si](C)(C)C[Si](C)(C)O[Si](C)(C)C)CC(C)(C)C1. The zero-order valence-electron chi connectivity index (χ0n) is 29.5. The summed E-state index contributed by atoms with van der Waals surface area (Å²) in [5.41, 5.74) is 1.27. The second kappa shape index (κ2) is 17.3. The molecule has 0 heterocycles. The first-order valence-electron chi connectivity index (χ1n) is 16.0. The van der Waals surface area contributed by atoms with E-state index in [0.717, 1.165) is 19.3 Å². The third-order valence-corrected chi connectivity index (χ3v) is 21.0. The van der Waals surface area contributed by atoms with Crippen molar-refractivity contribution in [3.63, 3.8) is 0 Å². The molecule has 0 aliphatic heterocycles. The standard InChI is InChI=1S/C31H62N2O8Si3/c1-25(2)27(34)38-17-18-39-28(35)32-23-31(5)21-26(20-30(3,4)22-31)33-29(36)40-16-15-37-14-13-19-43(9,10)24-44(11,12)41-42(6,7)8/h26H,1,13-24H2,2-12H3,(H,32,35)(H,33,36). The van der Waals surface area contributed by atoms with Crippen LogP contribution < -0.4 is 10.6 Å². The van der Waals surface area contributed by atoms with Crippen LogP contribution in [0, 0.1) is 10.8 Å². The lowest BCUT2D eigenvalue weighted by Crippen LogP contribution is -2.50. The largest absolute Gasteiger partial charge is 0.459 e. The minimum Gasteiger partial charge on any atom is -0.459 e. The summed E-state index contributed by atoms with van der Waals surface area (Å²) in [4.78, 5) is 36.2. The maximum absolute atomic E-state index is 12.6. The summed E-state index contributed by atoms with van der Waals surface area (Å²) in [7, 11) is -4.54. The number of hydrogen-bond donors (Lipinski definition) is 2. The molecule has 1 aliphatic carbocycles. The van der Waals surface area contributed by atoms with Crippen LogP contribution in [0.25, 0.3) is 0 Å². The van der Waals surface area contributed by atoms with E-state index in [0.29, 0.717) is 31.8 Å². The third kappa shape index (κ3) is 18.3. The first-order chi connectivity index (χ1) is 20.0. The summed E-state index contributed by atoms with van der Waals surface area (Å²) in [5.74, 6) is -0.517. The molecule has 0 spiro atoms. The monoisotopic (exact) mass is 674 g/mol. The molecule has 0 saturated heterocycles. The van der Waals surface area contributed by atoms with Gasteiger partial charge in [-0.2, -0.15) is 0 Å². The molecule has 0 aromatic rings. The first kappa shape index (κ1) is 40.3. The van der Waals surface area contributed by atoms with Crippen molar-refractivity contribution in [1.82, 2.24) is 10.6 Å². The summed E-state index contributed by atoms with van der Waals surface area (Å²) in [6, 6.07) is 1.12. The van der Waals surface area contributed by atoms with Crippen LogP contribution in [-0.2, 0) is 27.9 Å². The van der Waals surface area contributed by atoms with Crippen LogP contribution in [0.15, 0.2) is 12.2 Å². The lowest BCUT2D eigenvalue weighted by molar-refractivity contribution is -0.139. The molecule has 0 aromatic heterocycles. The van der Waals surface area contributed by atoms with Gasteiger partial charge < -0.3 is 33.7 Å².